The largest absolute Gasteiger partial charge is 0.497 e. The molecule has 3 nitrogen and oxygen atoms in total. The number of anilines is 1. The summed E-state index contributed by atoms with van der Waals surface area (Å²) in [5.41, 5.74) is 0.902. The summed E-state index contributed by atoms with van der Waals surface area (Å²) in [6, 6.07) is 11.0. The van der Waals surface area contributed by atoms with Crippen LogP contribution in [-0.4, -0.2) is 13.3 Å². The van der Waals surface area contributed by atoms with E-state index in [9.17, 15) is 13.2 Å². The van der Waals surface area contributed by atoms with Crippen molar-refractivity contribution in [1.82, 2.24) is 0 Å². The van der Waals surface area contributed by atoms with E-state index in [1.54, 1.807) is 24.3 Å². The fourth-order valence-electron chi connectivity index (χ4n) is 2.71. The molecule has 0 radical (unpaired) electrons. The zero-order chi connectivity index (χ0) is 20.3. The predicted molar refractivity (Wildman–Crippen MR) is 102 cm³/mol. The van der Waals surface area contributed by atoms with Crippen LogP contribution in [0.3, 0.4) is 0 Å². The predicted octanol–water partition coefficient (Wildman–Crippen LogP) is 6.12. The first-order valence-corrected chi connectivity index (χ1v) is 9.08. The highest BCUT2D eigenvalue weighted by atomic mass is 35.5. The Labute approximate surface area is 166 Å². The fourth-order valence-corrected chi connectivity index (χ4v) is 2.89. The van der Waals surface area contributed by atoms with Crippen LogP contribution < -0.4 is 10.1 Å². The van der Waals surface area contributed by atoms with Gasteiger partial charge in [-0.15, -0.1) is 12.3 Å². The topological polar surface area (TPSA) is 30.5 Å². The molecule has 1 N–H and O–H groups in total. The first-order valence-electron chi connectivity index (χ1n) is 8.70. The lowest BCUT2D eigenvalue weighted by Gasteiger charge is -2.35. The van der Waals surface area contributed by atoms with Crippen LogP contribution in [0.25, 0.3) is 0 Å². The molecule has 1 aliphatic heterocycles. The van der Waals surface area contributed by atoms with Gasteiger partial charge in [-0.1, -0.05) is 23.7 Å². The molecule has 2 aliphatic rings. The molecule has 0 bridgehead atoms. The number of ether oxygens (including phenoxy) is 2. The average Bonchev–Trinajstić information content (AvgIpc) is 3.51. The summed E-state index contributed by atoms with van der Waals surface area (Å²) in [5.74, 6) is 3.92. The third-order valence-electron chi connectivity index (χ3n) is 4.38. The maximum absolute atomic E-state index is 13.3. The van der Waals surface area contributed by atoms with Crippen LogP contribution in [0.1, 0.15) is 36.3 Å². The number of hydrogen-bond donors (Lipinski definition) is 1. The molecule has 1 unspecified atom stereocenters. The minimum absolute atomic E-state index is 0.0187. The lowest BCUT2D eigenvalue weighted by atomic mass is 10.0. The van der Waals surface area contributed by atoms with Crippen LogP contribution in [0.4, 0.5) is 18.9 Å². The van der Waals surface area contributed by atoms with E-state index in [0.29, 0.717) is 22.9 Å². The number of nitrogens with one attached hydrogen (secondary N) is 1. The van der Waals surface area contributed by atoms with Crippen molar-refractivity contribution in [3.05, 3.63) is 58.6 Å². The van der Waals surface area contributed by atoms with Crippen LogP contribution in [0.5, 0.6) is 5.75 Å². The van der Waals surface area contributed by atoms with Crippen LogP contribution in [-0.2, 0) is 4.74 Å². The van der Waals surface area contributed by atoms with Crippen molar-refractivity contribution in [2.45, 2.75) is 31.3 Å². The van der Waals surface area contributed by atoms with Gasteiger partial charge in [-0.05, 0) is 43.2 Å². The number of terminal acetylenes is 1. The highest BCUT2D eigenvalue weighted by molar-refractivity contribution is 6.30. The highest BCUT2D eigenvalue weighted by Crippen LogP contribution is 2.46. The van der Waals surface area contributed by atoms with Gasteiger partial charge in [0.05, 0.1) is 7.11 Å². The molecule has 2 aromatic rings. The number of methoxy groups -OCH3 is 1. The number of alkyl halides is 3. The van der Waals surface area contributed by atoms with Crippen molar-refractivity contribution < 1.29 is 22.6 Å². The Morgan fingerprint density at radius 3 is 2.36 bits per heavy atom. The van der Waals surface area contributed by atoms with Crippen LogP contribution >= 0.6 is 11.6 Å². The Bertz CT molecular complexity index is 857. The second-order valence-corrected chi connectivity index (χ2v) is 6.96. The number of benzene rings is 2. The molecule has 0 amide bonds. The van der Waals surface area contributed by atoms with Crippen molar-refractivity contribution in [1.29, 1.82) is 0 Å². The van der Waals surface area contributed by atoms with E-state index in [1.807, 2.05) is 0 Å². The minimum Gasteiger partial charge on any atom is -0.497 e. The Morgan fingerprint density at radius 1 is 1.18 bits per heavy atom. The molecule has 1 aliphatic carbocycles. The molecule has 1 heterocycles. The van der Waals surface area contributed by atoms with Crippen molar-refractivity contribution >= 4 is 17.3 Å². The van der Waals surface area contributed by atoms with Gasteiger partial charge < -0.3 is 14.8 Å². The van der Waals surface area contributed by atoms with E-state index in [2.05, 4.69) is 11.2 Å². The summed E-state index contributed by atoms with van der Waals surface area (Å²) in [7, 11) is 1.52. The van der Waals surface area contributed by atoms with Crippen LogP contribution in [0.15, 0.2) is 42.5 Å². The van der Waals surface area contributed by atoms with Gasteiger partial charge in [0.2, 0.25) is 0 Å². The summed E-state index contributed by atoms with van der Waals surface area (Å²) < 4.78 is 50.3. The molecule has 0 saturated heterocycles. The monoisotopic (exact) mass is 409 g/mol. The standard InChI is InChI=1S/C16H13ClF3NO2.C5H6/c1-22-11-5-2-9(3-6-11)15-21-13-7-4-10(17)8-12(13)14(23-15)16(18,19)20;1-2-5-3-4-5/h2-8,14-15,21H,1H3;1,5H,3-4H2/t14-,15?;/m0./s1. The maximum Gasteiger partial charge on any atom is 0.419 e. The lowest BCUT2D eigenvalue weighted by molar-refractivity contribution is -0.237. The second-order valence-electron chi connectivity index (χ2n) is 6.53. The molecule has 4 rings (SSSR count). The maximum atomic E-state index is 13.3. The van der Waals surface area contributed by atoms with Gasteiger partial charge in [0.25, 0.3) is 0 Å². The molecule has 1 fully saturated rings. The SMILES string of the molecule is C#CC1CC1.COc1ccc(C2Nc3ccc(Cl)cc3[C@@H](C(F)(F)F)O2)cc1. The molecule has 7 heteroatoms. The van der Waals surface area contributed by atoms with Gasteiger partial charge in [-0.2, -0.15) is 13.2 Å². The first kappa shape index (κ1) is 20.4. The van der Waals surface area contributed by atoms with E-state index in [1.165, 1.54) is 38.2 Å². The van der Waals surface area contributed by atoms with E-state index in [4.69, 9.17) is 27.5 Å². The number of halogens is 4. The zero-order valence-electron chi connectivity index (χ0n) is 15.1. The summed E-state index contributed by atoms with van der Waals surface area (Å²) in [5, 5.41) is 3.19. The van der Waals surface area contributed by atoms with Gasteiger partial charge in [-0.25, -0.2) is 0 Å². The Hall–Kier alpha value is -2.36. The summed E-state index contributed by atoms with van der Waals surface area (Å²) in [6.07, 6.45) is 0.0439. The Balaban J connectivity index is 0.000000391. The molecular formula is C21H19ClF3NO2. The third-order valence-corrected chi connectivity index (χ3v) is 4.62. The summed E-state index contributed by atoms with van der Waals surface area (Å²) >= 11 is 5.81. The van der Waals surface area contributed by atoms with Crippen molar-refractivity contribution in [3.8, 4) is 18.1 Å². The lowest BCUT2D eigenvalue weighted by Crippen LogP contribution is -2.32. The van der Waals surface area contributed by atoms with Crippen molar-refractivity contribution in [2.24, 2.45) is 5.92 Å². The van der Waals surface area contributed by atoms with Crippen LogP contribution in [0, 0.1) is 18.3 Å². The summed E-state index contributed by atoms with van der Waals surface area (Å²) in [4.78, 5) is 0. The van der Waals surface area contributed by atoms with E-state index in [-0.39, 0.29) is 10.6 Å². The molecular weight excluding hydrogens is 391 g/mol. The first-order chi connectivity index (χ1) is 13.3. The quantitative estimate of drug-likeness (QED) is 0.606. The fraction of sp³-hybridized carbons (Fsp3) is 0.333. The highest BCUT2D eigenvalue weighted by Gasteiger charge is 2.47. The van der Waals surface area contributed by atoms with E-state index >= 15 is 0 Å². The molecule has 148 valence electrons. The average molecular weight is 410 g/mol. The van der Waals surface area contributed by atoms with Crippen LogP contribution in [0.2, 0.25) is 5.02 Å². The summed E-state index contributed by atoms with van der Waals surface area (Å²) in [6.45, 7) is 0. The van der Waals surface area contributed by atoms with Gasteiger partial charge >= 0.3 is 6.18 Å². The number of hydrogen-bond acceptors (Lipinski definition) is 3. The van der Waals surface area contributed by atoms with E-state index < -0.39 is 18.5 Å². The van der Waals surface area contributed by atoms with Gasteiger partial charge in [0.15, 0.2) is 12.3 Å². The number of fused-ring (bicyclic) bond motifs is 1. The molecule has 28 heavy (non-hydrogen) atoms. The van der Waals surface area contributed by atoms with E-state index in [0.717, 1.165) is 0 Å². The van der Waals surface area contributed by atoms with Gasteiger partial charge in [0, 0.05) is 27.8 Å². The van der Waals surface area contributed by atoms with Gasteiger partial charge in [-0.3, -0.25) is 0 Å². The zero-order valence-corrected chi connectivity index (χ0v) is 15.8. The van der Waals surface area contributed by atoms with Crippen molar-refractivity contribution in [2.75, 3.05) is 12.4 Å². The normalized spacial score (nSPS) is 20.7. The number of rotatable bonds is 2. The van der Waals surface area contributed by atoms with Gasteiger partial charge in [0.1, 0.15) is 5.75 Å². The molecule has 2 aromatic carbocycles. The Kier molecular flexibility index (Phi) is 6.07. The molecule has 0 aromatic heterocycles. The van der Waals surface area contributed by atoms with Crippen molar-refractivity contribution in [3.63, 3.8) is 0 Å². The third kappa shape index (κ3) is 4.92. The minimum atomic E-state index is -4.54. The molecule has 0 spiro atoms. The molecule has 2 atom stereocenters. The Morgan fingerprint density at radius 2 is 1.86 bits per heavy atom. The second kappa shape index (κ2) is 8.34. The smallest absolute Gasteiger partial charge is 0.419 e. The molecule has 1 saturated carbocycles.